The molecule has 0 aromatic heterocycles. The normalized spacial score (nSPS) is 12.4. The van der Waals surface area contributed by atoms with Crippen LogP contribution in [0, 0.1) is 0 Å². The van der Waals surface area contributed by atoms with Gasteiger partial charge in [0.1, 0.15) is 13.2 Å². The third kappa shape index (κ3) is 60.0. The molecule has 0 aliphatic heterocycles. The molecule has 0 N–H and O–H groups in total. The van der Waals surface area contributed by atoms with Crippen molar-refractivity contribution in [3.05, 3.63) is 60.8 Å². The van der Waals surface area contributed by atoms with Gasteiger partial charge in [0.25, 0.3) is 0 Å². The van der Waals surface area contributed by atoms with Crippen LogP contribution in [0.15, 0.2) is 60.8 Å². The number of carbonyl (C=O) groups excluding carboxylic acids is 3. The molecule has 0 amide bonds. The number of rotatable bonds is 59. The largest absolute Gasteiger partial charge is 0.462 e. The van der Waals surface area contributed by atoms with Crippen molar-refractivity contribution in [1.29, 1.82) is 0 Å². The highest BCUT2D eigenvalue weighted by Gasteiger charge is 2.19. The molecular formula is C68H122O6. The lowest BCUT2D eigenvalue weighted by Gasteiger charge is -2.18. The van der Waals surface area contributed by atoms with Gasteiger partial charge in [-0.2, -0.15) is 0 Å². The maximum atomic E-state index is 12.8. The zero-order valence-electron chi connectivity index (χ0n) is 49.4. The molecule has 0 aromatic rings. The van der Waals surface area contributed by atoms with E-state index in [2.05, 4.69) is 81.5 Å². The Kier molecular flexibility index (Phi) is 60.2. The molecule has 0 spiro atoms. The standard InChI is InChI=1S/C68H122O6/c1-4-7-10-13-16-19-22-24-26-27-28-29-30-31-32-33-34-35-36-37-38-39-40-42-43-46-49-52-55-58-61-67(70)73-64-65(63-72-66(69)60-57-54-51-48-45-21-18-15-12-9-6-3)74-68(71)62-59-56-53-50-47-44-41-25-23-20-17-14-11-8-5-2/h8,11,15,17-18,20,25,41,47,50,65H,4-7,9-10,12-14,16,19,21-24,26-40,42-46,48-49,51-64H2,1-3H3/b11-8-,18-15-,20-17-,41-25-,50-47-. The number of hydrogen-bond donors (Lipinski definition) is 0. The molecule has 0 radical (unpaired) electrons. The minimum Gasteiger partial charge on any atom is -0.462 e. The Morgan fingerprint density at radius 2 is 0.541 bits per heavy atom. The van der Waals surface area contributed by atoms with Gasteiger partial charge in [-0.1, -0.05) is 300 Å². The molecule has 0 heterocycles. The lowest BCUT2D eigenvalue weighted by atomic mass is 10.0. The van der Waals surface area contributed by atoms with Crippen LogP contribution in [0.3, 0.4) is 0 Å². The molecule has 0 bridgehead atoms. The number of unbranched alkanes of at least 4 members (excludes halogenated alkanes) is 38. The van der Waals surface area contributed by atoms with Crippen LogP contribution < -0.4 is 0 Å². The van der Waals surface area contributed by atoms with Gasteiger partial charge in [-0.3, -0.25) is 14.4 Å². The van der Waals surface area contributed by atoms with Gasteiger partial charge < -0.3 is 14.2 Å². The maximum absolute atomic E-state index is 12.8. The lowest BCUT2D eigenvalue weighted by Crippen LogP contribution is -2.30. The maximum Gasteiger partial charge on any atom is 0.306 e. The Bertz CT molecular complexity index is 1330. The monoisotopic (exact) mass is 1030 g/mol. The van der Waals surface area contributed by atoms with Crippen LogP contribution >= 0.6 is 0 Å². The number of allylic oxidation sites excluding steroid dienone is 10. The molecule has 0 saturated heterocycles. The Hall–Kier alpha value is -2.89. The van der Waals surface area contributed by atoms with Crippen LogP contribution in [0.4, 0.5) is 0 Å². The Labute approximate surface area is 460 Å². The van der Waals surface area contributed by atoms with Crippen molar-refractivity contribution in [3.63, 3.8) is 0 Å². The van der Waals surface area contributed by atoms with Crippen LogP contribution in [0.2, 0.25) is 0 Å². The van der Waals surface area contributed by atoms with Gasteiger partial charge in [-0.05, 0) is 77.0 Å². The first-order chi connectivity index (χ1) is 36.5. The minimum absolute atomic E-state index is 0.0910. The average Bonchev–Trinajstić information content (AvgIpc) is 3.40. The summed E-state index contributed by atoms with van der Waals surface area (Å²) in [7, 11) is 0. The van der Waals surface area contributed by atoms with E-state index in [1.54, 1.807) is 0 Å². The van der Waals surface area contributed by atoms with E-state index in [-0.39, 0.29) is 37.5 Å². The van der Waals surface area contributed by atoms with Crippen LogP contribution in [0.25, 0.3) is 0 Å². The molecule has 6 nitrogen and oxygen atoms in total. The van der Waals surface area contributed by atoms with Gasteiger partial charge in [-0.15, -0.1) is 0 Å². The summed E-state index contributed by atoms with van der Waals surface area (Å²) in [4.78, 5) is 38.1. The van der Waals surface area contributed by atoms with Gasteiger partial charge in [0, 0.05) is 19.3 Å². The second-order valence-electron chi connectivity index (χ2n) is 21.6. The highest BCUT2D eigenvalue weighted by molar-refractivity contribution is 5.71. The lowest BCUT2D eigenvalue weighted by molar-refractivity contribution is -0.167. The van der Waals surface area contributed by atoms with Crippen LogP contribution in [-0.2, 0) is 28.6 Å². The summed E-state index contributed by atoms with van der Waals surface area (Å²) in [5, 5.41) is 0. The molecule has 1 unspecified atom stereocenters. The van der Waals surface area contributed by atoms with Crippen LogP contribution in [0.1, 0.15) is 335 Å². The van der Waals surface area contributed by atoms with Crippen molar-refractivity contribution < 1.29 is 28.6 Å². The molecule has 0 rings (SSSR count). The van der Waals surface area contributed by atoms with Gasteiger partial charge in [0.15, 0.2) is 6.10 Å². The Morgan fingerprint density at radius 1 is 0.284 bits per heavy atom. The van der Waals surface area contributed by atoms with Crippen molar-refractivity contribution in [2.45, 2.75) is 341 Å². The van der Waals surface area contributed by atoms with E-state index in [0.29, 0.717) is 19.3 Å². The summed E-state index contributed by atoms with van der Waals surface area (Å²) in [5.41, 5.74) is 0. The van der Waals surface area contributed by atoms with E-state index in [4.69, 9.17) is 14.2 Å². The highest BCUT2D eigenvalue weighted by atomic mass is 16.6. The van der Waals surface area contributed by atoms with Crippen molar-refractivity contribution >= 4 is 17.9 Å². The molecule has 0 aromatic carbocycles. The van der Waals surface area contributed by atoms with E-state index in [9.17, 15) is 14.4 Å². The van der Waals surface area contributed by atoms with Gasteiger partial charge in [-0.25, -0.2) is 0 Å². The first-order valence-electron chi connectivity index (χ1n) is 32.3. The first-order valence-corrected chi connectivity index (χ1v) is 32.3. The summed E-state index contributed by atoms with van der Waals surface area (Å²) >= 11 is 0. The van der Waals surface area contributed by atoms with E-state index in [1.807, 2.05) is 0 Å². The summed E-state index contributed by atoms with van der Waals surface area (Å²) in [5.74, 6) is -0.930. The van der Waals surface area contributed by atoms with Gasteiger partial charge >= 0.3 is 17.9 Å². The predicted octanol–water partition coefficient (Wildman–Crippen LogP) is 21.9. The summed E-state index contributed by atoms with van der Waals surface area (Å²) < 4.78 is 16.8. The fourth-order valence-corrected chi connectivity index (χ4v) is 9.42. The number of esters is 3. The molecule has 0 fully saturated rings. The zero-order valence-corrected chi connectivity index (χ0v) is 49.4. The molecule has 1 atom stereocenters. The van der Waals surface area contributed by atoms with Gasteiger partial charge in [0.2, 0.25) is 0 Å². The van der Waals surface area contributed by atoms with E-state index in [1.165, 1.54) is 205 Å². The Balaban J connectivity index is 4.13. The number of hydrogen-bond acceptors (Lipinski definition) is 6. The molecule has 0 aliphatic carbocycles. The van der Waals surface area contributed by atoms with Gasteiger partial charge in [0.05, 0.1) is 0 Å². The second kappa shape index (κ2) is 62.6. The van der Waals surface area contributed by atoms with E-state index in [0.717, 1.165) is 83.5 Å². The quantitative estimate of drug-likeness (QED) is 0.0261. The second-order valence-corrected chi connectivity index (χ2v) is 21.6. The summed E-state index contributed by atoms with van der Waals surface area (Å²) in [6, 6.07) is 0. The average molecular weight is 1040 g/mol. The van der Waals surface area contributed by atoms with Crippen molar-refractivity contribution in [2.24, 2.45) is 0 Å². The summed E-state index contributed by atoms with van der Waals surface area (Å²) in [6.45, 7) is 6.48. The third-order valence-electron chi connectivity index (χ3n) is 14.3. The summed E-state index contributed by atoms with van der Waals surface area (Å²) in [6.07, 6.45) is 79.8. The van der Waals surface area contributed by atoms with E-state index >= 15 is 0 Å². The van der Waals surface area contributed by atoms with Crippen LogP contribution in [-0.4, -0.2) is 37.2 Å². The molecule has 430 valence electrons. The fourth-order valence-electron chi connectivity index (χ4n) is 9.42. The first kappa shape index (κ1) is 71.1. The molecule has 0 saturated carbocycles. The molecular weight excluding hydrogens is 913 g/mol. The molecule has 0 aliphatic rings. The minimum atomic E-state index is -0.798. The fraction of sp³-hybridized carbons (Fsp3) is 0.809. The van der Waals surface area contributed by atoms with Crippen LogP contribution in [0.5, 0.6) is 0 Å². The van der Waals surface area contributed by atoms with Crippen molar-refractivity contribution in [1.82, 2.24) is 0 Å². The SMILES string of the molecule is CC/C=C\C/C=C\C/C=C\C/C=C\CCCCC(=O)OC(COC(=O)CCCCCCC/C=C\CCCC)COC(=O)CCCCCCCCCCCCCCCCCCCCCCCCCCCCCCCC. The smallest absolute Gasteiger partial charge is 0.306 e. The third-order valence-corrected chi connectivity index (χ3v) is 14.3. The highest BCUT2D eigenvalue weighted by Crippen LogP contribution is 2.18. The Morgan fingerprint density at radius 3 is 0.905 bits per heavy atom. The predicted molar refractivity (Wildman–Crippen MR) is 321 cm³/mol. The molecule has 6 heteroatoms. The molecule has 74 heavy (non-hydrogen) atoms. The number of carbonyl (C=O) groups is 3. The van der Waals surface area contributed by atoms with E-state index < -0.39 is 6.10 Å². The van der Waals surface area contributed by atoms with Crippen molar-refractivity contribution in [3.8, 4) is 0 Å². The zero-order chi connectivity index (χ0) is 53.6. The number of ether oxygens (including phenoxy) is 3. The topological polar surface area (TPSA) is 78.9 Å². The van der Waals surface area contributed by atoms with Crippen molar-refractivity contribution in [2.75, 3.05) is 13.2 Å².